The molecule has 11 aromatic rings. The molecule has 0 aliphatic carbocycles. The molecule has 11 rings (SSSR count). The van der Waals surface area contributed by atoms with Crippen molar-refractivity contribution < 1.29 is 0 Å². The van der Waals surface area contributed by atoms with Crippen LogP contribution in [0.4, 0.5) is 0 Å². The maximum Gasteiger partial charge on any atom is 0.0547 e. The van der Waals surface area contributed by atoms with E-state index in [1.54, 1.807) is 0 Å². The van der Waals surface area contributed by atoms with Crippen molar-refractivity contribution in [3.05, 3.63) is 218 Å². The van der Waals surface area contributed by atoms with E-state index in [1.807, 2.05) is 0 Å². The quantitative estimate of drug-likeness (QED) is 0.162. The summed E-state index contributed by atoms with van der Waals surface area (Å²) < 4.78 is 4.87. The number of aromatic nitrogens is 2. The summed E-state index contributed by atoms with van der Waals surface area (Å²) in [5, 5.41) is 4.99. The number of fused-ring (bicyclic) bond motifs is 6. The van der Waals surface area contributed by atoms with E-state index in [9.17, 15) is 0 Å². The van der Waals surface area contributed by atoms with Gasteiger partial charge in [0.05, 0.1) is 22.1 Å². The fourth-order valence-electron chi connectivity index (χ4n) is 8.75. The summed E-state index contributed by atoms with van der Waals surface area (Å²) in [6, 6.07) is 79.4. The molecule has 0 aliphatic rings. The summed E-state index contributed by atoms with van der Waals surface area (Å²) in [7, 11) is 0. The van der Waals surface area contributed by atoms with Gasteiger partial charge in [0.1, 0.15) is 0 Å². The van der Waals surface area contributed by atoms with Crippen LogP contribution in [0.3, 0.4) is 0 Å². The Kier molecular flexibility index (Phi) is 7.53. The van der Waals surface area contributed by atoms with Crippen LogP contribution in [0, 0.1) is 0 Å². The Hall–Kier alpha value is -7.42. The molecule has 0 fully saturated rings. The minimum atomic E-state index is 1.14. The third-order valence-electron chi connectivity index (χ3n) is 11.3. The molecular formula is C54H36N2. The predicted octanol–water partition coefficient (Wildman–Crippen LogP) is 14.5. The first-order valence-corrected chi connectivity index (χ1v) is 19.3. The van der Waals surface area contributed by atoms with Crippen LogP contribution >= 0.6 is 0 Å². The summed E-state index contributed by atoms with van der Waals surface area (Å²) in [4.78, 5) is 0. The topological polar surface area (TPSA) is 9.86 Å². The van der Waals surface area contributed by atoms with Crippen molar-refractivity contribution >= 4 is 43.6 Å². The molecule has 2 heteroatoms. The zero-order valence-electron chi connectivity index (χ0n) is 30.7. The van der Waals surface area contributed by atoms with Crippen LogP contribution in [0.2, 0.25) is 0 Å². The van der Waals surface area contributed by atoms with Gasteiger partial charge >= 0.3 is 0 Å². The van der Waals surface area contributed by atoms with Crippen molar-refractivity contribution in [3.8, 4) is 55.9 Å². The summed E-state index contributed by atoms with van der Waals surface area (Å²) in [6.07, 6.45) is 0. The van der Waals surface area contributed by atoms with Crippen LogP contribution < -0.4 is 0 Å². The lowest BCUT2D eigenvalue weighted by atomic mass is 9.97. The largest absolute Gasteiger partial charge is 0.309 e. The van der Waals surface area contributed by atoms with Gasteiger partial charge in [0.2, 0.25) is 0 Å². The van der Waals surface area contributed by atoms with Crippen molar-refractivity contribution in [2.75, 3.05) is 0 Å². The van der Waals surface area contributed by atoms with Crippen LogP contribution in [0.1, 0.15) is 0 Å². The maximum atomic E-state index is 2.46. The van der Waals surface area contributed by atoms with E-state index < -0.39 is 0 Å². The summed E-state index contributed by atoms with van der Waals surface area (Å²) >= 11 is 0. The maximum absolute atomic E-state index is 2.46. The summed E-state index contributed by atoms with van der Waals surface area (Å²) in [6.45, 7) is 0. The zero-order valence-corrected chi connectivity index (χ0v) is 30.7. The molecule has 0 spiro atoms. The van der Waals surface area contributed by atoms with Crippen LogP contribution in [0.5, 0.6) is 0 Å². The van der Waals surface area contributed by atoms with Crippen LogP contribution in [0.25, 0.3) is 99.5 Å². The Morgan fingerprint density at radius 2 is 0.714 bits per heavy atom. The lowest BCUT2D eigenvalue weighted by Gasteiger charge is -2.14. The second-order valence-corrected chi connectivity index (χ2v) is 14.6. The van der Waals surface area contributed by atoms with Gasteiger partial charge in [0.25, 0.3) is 0 Å². The van der Waals surface area contributed by atoms with E-state index in [4.69, 9.17) is 0 Å². The number of hydrogen-bond donors (Lipinski definition) is 0. The summed E-state index contributed by atoms with van der Waals surface area (Å²) in [5.41, 5.74) is 16.7. The van der Waals surface area contributed by atoms with Gasteiger partial charge in [0.15, 0.2) is 0 Å². The van der Waals surface area contributed by atoms with Gasteiger partial charge < -0.3 is 9.13 Å². The highest BCUT2D eigenvalue weighted by atomic mass is 15.0. The highest BCUT2D eigenvalue weighted by molar-refractivity contribution is 6.17. The highest BCUT2D eigenvalue weighted by Crippen LogP contribution is 2.42. The molecule has 56 heavy (non-hydrogen) atoms. The molecular weight excluding hydrogens is 677 g/mol. The molecule has 0 radical (unpaired) electrons. The first-order valence-electron chi connectivity index (χ1n) is 19.3. The number of nitrogens with zero attached hydrogens (tertiary/aromatic N) is 2. The lowest BCUT2D eigenvalue weighted by Crippen LogP contribution is -1.96. The third kappa shape index (κ3) is 5.26. The van der Waals surface area contributed by atoms with Gasteiger partial charge in [-0.15, -0.1) is 0 Å². The van der Waals surface area contributed by atoms with Crippen molar-refractivity contribution in [1.82, 2.24) is 9.13 Å². The smallest absolute Gasteiger partial charge is 0.0547 e. The monoisotopic (exact) mass is 712 g/mol. The number of para-hydroxylation sites is 2. The van der Waals surface area contributed by atoms with E-state index in [0.29, 0.717) is 0 Å². The Morgan fingerprint density at radius 1 is 0.232 bits per heavy atom. The van der Waals surface area contributed by atoms with Gasteiger partial charge in [-0.2, -0.15) is 0 Å². The molecule has 0 N–H and O–H groups in total. The van der Waals surface area contributed by atoms with E-state index in [-0.39, 0.29) is 0 Å². The summed E-state index contributed by atoms with van der Waals surface area (Å²) in [5.74, 6) is 0. The second kappa shape index (κ2) is 13.2. The van der Waals surface area contributed by atoms with E-state index in [2.05, 4.69) is 228 Å². The molecule has 0 atom stereocenters. The fourth-order valence-corrected chi connectivity index (χ4v) is 8.75. The minimum Gasteiger partial charge on any atom is -0.309 e. The Balaban J connectivity index is 1.12. The molecule has 2 nitrogen and oxygen atoms in total. The van der Waals surface area contributed by atoms with Crippen LogP contribution in [0.15, 0.2) is 218 Å². The van der Waals surface area contributed by atoms with Crippen molar-refractivity contribution in [3.63, 3.8) is 0 Å². The van der Waals surface area contributed by atoms with E-state index in [1.165, 1.54) is 88.1 Å². The van der Waals surface area contributed by atoms with Gasteiger partial charge in [-0.05, 0) is 105 Å². The molecule has 0 unspecified atom stereocenters. The zero-order chi connectivity index (χ0) is 37.0. The molecule has 0 aliphatic heterocycles. The Morgan fingerprint density at radius 3 is 1.39 bits per heavy atom. The Bertz CT molecular complexity index is 3170. The molecule has 2 aromatic heterocycles. The first-order chi connectivity index (χ1) is 27.8. The van der Waals surface area contributed by atoms with Gasteiger partial charge in [0, 0.05) is 32.9 Å². The fraction of sp³-hybridized carbons (Fsp3) is 0. The average molecular weight is 713 g/mol. The Labute approximate surface area is 325 Å². The number of hydrogen-bond acceptors (Lipinski definition) is 0. The lowest BCUT2D eigenvalue weighted by molar-refractivity contribution is 1.18. The molecule has 0 bridgehead atoms. The second-order valence-electron chi connectivity index (χ2n) is 14.6. The molecule has 0 saturated heterocycles. The first kappa shape index (κ1) is 32.0. The van der Waals surface area contributed by atoms with Crippen LogP contribution in [-0.4, -0.2) is 9.13 Å². The SMILES string of the molecule is c1ccc(-c2cccc(-n3c4ccccc4c4cc(-c5cccc6c5c5ccccc5n6-c5cc(-c6ccccc6)cc(-c6ccccc6)c5)ccc43)c2)cc1. The van der Waals surface area contributed by atoms with Crippen LogP contribution in [-0.2, 0) is 0 Å². The molecule has 0 saturated carbocycles. The van der Waals surface area contributed by atoms with E-state index in [0.717, 1.165) is 11.4 Å². The van der Waals surface area contributed by atoms with Crippen molar-refractivity contribution in [1.29, 1.82) is 0 Å². The van der Waals surface area contributed by atoms with Gasteiger partial charge in [-0.1, -0.05) is 158 Å². The van der Waals surface area contributed by atoms with Gasteiger partial charge in [-0.25, -0.2) is 0 Å². The van der Waals surface area contributed by atoms with Crippen molar-refractivity contribution in [2.45, 2.75) is 0 Å². The third-order valence-corrected chi connectivity index (χ3v) is 11.3. The van der Waals surface area contributed by atoms with E-state index >= 15 is 0 Å². The standard InChI is InChI=1S/C54H36N2/c1-4-16-37(17-5-1)40-22-14-23-44(33-40)55-50-27-12-10-24-47(50)49-36-41(30-31-52(49)55)46-26-15-29-53-54(46)48-25-11-13-28-51(48)56(53)45-34-42(38-18-6-2-7-19-38)32-43(35-45)39-20-8-3-9-21-39/h1-36H. The van der Waals surface area contributed by atoms with Gasteiger partial charge in [-0.3, -0.25) is 0 Å². The van der Waals surface area contributed by atoms with Crippen molar-refractivity contribution in [2.24, 2.45) is 0 Å². The number of rotatable bonds is 6. The number of benzene rings is 9. The molecule has 0 amide bonds. The molecule has 262 valence electrons. The normalized spacial score (nSPS) is 11.6. The predicted molar refractivity (Wildman–Crippen MR) is 237 cm³/mol. The average Bonchev–Trinajstić information content (AvgIpc) is 3.80. The molecule has 9 aromatic carbocycles. The minimum absolute atomic E-state index is 1.14. The molecule has 2 heterocycles. The highest BCUT2D eigenvalue weighted by Gasteiger charge is 2.19.